The van der Waals surface area contributed by atoms with Gasteiger partial charge in [0.05, 0.1) is 12.1 Å². The molecular weight excluding hydrogens is 318 g/mol. The number of aliphatic hydroxyl groups excluding tert-OH is 1. The van der Waals surface area contributed by atoms with E-state index in [1.54, 1.807) is 0 Å². The highest BCUT2D eigenvalue weighted by molar-refractivity contribution is 5.50. The van der Waals surface area contributed by atoms with Gasteiger partial charge in [-0.15, -0.1) is 0 Å². The molecule has 2 heteroatoms. The molecule has 0 aliphatic carbocycles. The number of aliphatic hydroxyl groups is 1. The summed E-state index contributed by atoms with van der Waals surface area (Å²) in [4.78, 5) is 2.51. The minimum atomic E-state index is -0.395. The highest BCUT2D eigenvalue weighted by Crippen LogP contribution is 2.45. The van der Waals surface area contributed by atoms with E-state index in [9.17, 15) is 5.11 Å². The van der Waals surface area contributed by atoms with Crippen LogP contribution in [0.5, 0.6) is 0 Å². The molecule has 1 aliphatic heterocycles. The Hall–Kier alpha value is -2.42. The molecular formula is C24H25NO. The average molecular weight is 343 g/mol. The molecule has 3 aromatic rings. The SMILES string of the molecule is OC[C@@H]1CCCN1C(c1ccccc1)(c1ccccc1)c1ccccc1. The van der Waals surface area contributed by atoms with Crippen LogP contribution in [-0.4, -0.2) is 29.2 Å². The van der Waals surface area contributed by atoms with E-state index in [1.165, 1.54) is 16.7 Å². The smallest absolute Gasteiger partial charge is 0.0976 e. The summed E-state index contributed by atoms with van der Waals surface area (Å²) in [5, 5.41) is 10.1. The first-order valence-corrected chi connectivity index (χ1v) is 9.41. The van der Waals surface area contributed by atoms with Gasteiger partial charge in [-0.25, -0.2) is 0 Å². The van der Waals surface area contributed by atoms with Gasteiger partial charge in [0, 0.05) is 12.6 Å². The molecule has 1 N–H and O–H groups in total. The second kappa shape index (κ2) is 7.45. The molecule has 1 aliphatic rings. The van der Waals surface area contributed by atoms with Crippen molar-refractivity contribution in [3.8, 4) is 0 Å². The van der Waals surface area contributed by atoms with Crippen molar-refractivity contribution < 1.29 is 5.11 Å². The molecule has 0 radical (unpaired) electrons. The Morgan fingerprint density at radius 3 is 1.54 bits per heavy atom. The fourth-order valence-corrected chi connectivity index (χ4v) is 4.50. The Balaban J connectivity index is 2.04. The summed E-state index contributed by atoms with van der Waals surface area (Å²) in [7, 11) is 0. The first-order valence-electron chi connectivity index (χ1n) is 9.41. The molecule has 4 rings (SSSR count). The van der Waals surface area contributed by atoms with Gasteiger partial charge >= 0.3 is 0 Å². The minimum absolute atomic E-state index is 0.163. The molecule has 0 spiro atoms. The zero-order valence-electron chi connectivity index (χ0n) is 15.0. The van der Waals surface area contributed by atoms with Crippen LogP contribution in [0.4, 0.5) is 0 Å². The summed E-state index contributed by atoms with van der Waals surface area (Å²) in [6, 6.07) is 32.3. The molecule has 1 saturated heterocycles. The van der Waals surface area contributed by atoms with Crippen molar-refractivity contribution in [3.05, 3.63) is 108 Å². The molecule has 1 fully saturated rings. The highest BCUT2D eigenvalue weighted by atomic mass is 16.3. The van der Waals surface area contributed by atoms with Gasteiger partial charge in [0.1, 0.15) is 0 Å². The number of benzene rings is 3. The first kappa shape index (κ1) is 17.0. The normalized spacial score (nSPS) is 18.1. The molecule has 26 heavy (non-hydrogen) atoms. The lowest BCUT2D eigenvalue weighted by Gasteiger charge is -2.46. The summed E-state index contributed by atoms with van der Waals surface area (Å²) in [6.45, 7) is 1.16. The van der Waals surface area contributed by atoms with E-state index >= 15 is 0 Å². The van der Waals surface area contributed by atoms with Gasteiger partial charge in [0.25, 0.3) is 0 Å². The van der Waals surface area contributed by atoms with E-state index in [0.29, 0.717) is 0 Å². The van der Waals surface area contributed by atoms with Crippen molar-refractivity contribution in [1.82, 2.24) is 4.90 Å². The molecule has 2 nitrogen and oxygen atoms in total. The molecule has 132 valence electrons. The van der Waals surface area contributed by atoms with E-state index in [1.807, 2.05) is 0 Å². The zero-order valence-corrected chi connectivity index (χ0v) is 15.0. The monoisotopic (exact) mass is 343 g/mol. The van der Waals surface area contributed by atoms with Gasteiger partial charge in [-0.3, -0.25) is 4.90 Å². The Labute approximate surface area is 155 Å². The number of nitrogens with zero attached hydrogens (tertiary/aromatic N) is 1. The van der Waals surface area contributed by atoms with Crippen LogP contribution >= 0.6 is 0 Å². The van der Waals surface area contributed by atoms with Gasteiger partial charge in [0.15, 0.2) is 0 Å². The van der Waals surface area contributed by atoms with Gasteiger partial charge in [-0.1, -0.05) is 91.0 Å². The first-order chi connectivity index (χ1) is 12.9. The molecule has 3 aromatic carbocycles. The molecule has 1 heterocycles. The maximum Gasteiger partial charge on any atom is 0.0976 e. The summed E-state index contributed by atoms with van der Waals surface area (Å²) < 4.78 is 0. The van der Waals surface area contributed by atoms with Gasteiger partial charge in [-0.05, 0) is 29.5 Å². The van der Waals surface area contributed by atoms with E-state index in [0.717, 1.165) is 19.4 Å². The van der Waals surface area contributed by atoms with Crippen molar-refractivity contribution in [2.45, 2.75) is 24.4 Å². The quantitative estimate of drug-likeness (QED) is 0.693. The molecule has 0 bridgehead atoms. The van der Waals surface area contributed by atoms with Gasteiger partial charge < -0.3 is 5.11 Å². The van der Waals surface area contributed by atoms with Gasteiger partial charge in [-0.2, -0.15) is 0 Å². The molecule has 0 amide bonds. The molecule has 0 unspecified atom stereocenters. The van der Waals surface area contributed by atoms with E-state index in [2.05, 4.69) is 95.9 Å². The highest BCUT2D eigenvalue weighted by Gasteiger charge is 2.46. The van der Waals surface area contributed by atoms with Crippen LogP contribution in [-0.2, 0) is 5.54 Å². The van der Waals surface area contributed by atoms with Crippen molar-refractivity contribution in [2.75, 3.05) is 13.2 Å². The van der Waals surface area contributed by atoms with Crippen LogP contribution in [0.15, 0.2) is 91.0 Å². The topological polar surface area (TPSA) is 23.5 Å². The molecule has 0 aromatic heterocycles. The third kappa shape index (κ3) is 2.76. The summed E-state index contributed by atoms with van der Waals surface area (Å²) in [6.07, 6.45) is 2.14. The second-order valence-corrected chi connectivity index (χ2v) is 6.98. The summed E-state index contributed by atoms with van der Waals surface area (Å²) in [5.74, 6) is 0. The number of likely N-dealkylation sites (tertiary alicyclic amines) is 1. The fourth-order valence-electron chi connectivity index (χ4n) is 4.50. The van der Waals surface area contributed by atoms with Crippen molar-refractivity contribution in [3.63, 3.8) is 0 Å². The number of hydrogen-bond acceptors (Lipinski definition) is 2. The maximum absolute atomic E-state index is 10.1. The van der Waals surface area contributed by atoms with Crippen LogP contribution in [0, 0.1) is 0 Å². The Morgan fingerprint density at radius 1 is 0.731 bits per heavy atom. The predicted molar refractivity (Wildman–Crippen MR) is 106 cm³/mol. The van der Waals surface area contributed by atoms with Crippen LogP contribution < -0.4 is 0 Å². The Morgan fingerprint density at radius 2 is 1.15 bits per heavy atom. The van der Waals surface area contributed by atoms with Crippen LogP contribution in [0.3, 0.4) is 0 Å². The lowest BCUT2D eigenvalue weighted by molar-refractivity contribution is 0.0929. The third-order valence-electron chi connectivity index (χ3n) is 5.59. The average Bonchev–Trinajstić information content (AvgIpc) is 3.20. The standard InChI is InChI=1S/C24H25NO/c26-19-23-17-10-18-25(23)24(20-11-4-1-5-12-20,21-13-6-2-7-14-21)22-15-8-3-9-16-22/h1-9,11-16,23,26H,10,17-19H2/t23-/m0/s1. The minimum Gasteiger partial charge on any atom is -0.395 e. The lowest BCUT2D eigenvalue weighted by Crippen LogP contribution is -2.51. The summed E-state index contributed by atoms with van der Waals surface area (Å²) in [5.41, 5.74) is 3.35. The summed E-state index contributed by atoms with van der Waals surface area (Å²) >= 11 is 0. The second-order valence-electron chi connectivity index (χ2n) is 6.98. The fraction of sp³-hybridized carbons (Fsp3) is 0.250. The van der Waals surface area contributed by atoms with Crippen LogP contribution in [0.25, 0.3) is 0 Å². The largest absolute Gasteiger partial charge is 0.395 e. The number of hydrogen-bond donors (Lipinski definition) is 1. The maximum atomic E-state index is 10.1. The van der Waals surface area contributed by atoms with E-state index in [4.69, 9.17) is 0 Å². The predicted octanol–water partition coefficient (Wildman–Crippen LogP) is 4.44. The van der Waals surface area contributed by atoms with Gasteiger partial charge in [0.2, 0.25) is 0 Å². The zero-order chi connectivity index (χ0) is 17.8. The third-order valence-corrected chi connectivity index (χ3v) is 5.59. The van der Waals surface area contributed by atoms with Crippen LogP contribution in [0.2, 0.25) is 0 Å². The van der Waals surface area contributed by atoms with E-state index < -0.39 is 5.54 Å². The van der Waals surface area contributed by atoms with Crippen molar-refractivity contribution >= 4 is 0 Å². The Bertz CT molecular complexity index is 720. The molecule has 1 atom stereocenters. The Kier molecular flexibility index (Phi) is 4.87. The molecule has 0 saturated carbocycles. The van der Waals surface area contributed by atoms with Crippen LogP contribution in [0.1, 0.15) is 29.5 Å². The number of rotatable bonds is 5. The van der Waals surface area contributed by atoms with Crippen molar-refractivity contribution in [2.24, 2.45) is 0 Å². The lowest BCUT2D eigenvalue weighted by atomic mass is 9.75. The van der Waals surface area contributed by atoms with E-state index in [-0.39, 0.29) is 12.6 Å². The van der Waals surface area contributed by atoms with Crippen molar-refractivity contribution in [1.29, 1.82) is 0 Å².